The molecule has 1 aromatic carbocycles. The normalized spacial score (nSPS) is 14.8. The number of benzene rings is 1. The molecule has 0 N–H and O–H groups in total. The Balaban J connectivity index is 2.75. The summed E-state index contributed by atoms with van der Waals surface area (Å²) >= 11 is 6.43. The molecule has 0 aliphatic rings. The van der Waals surface area contributed by atoms with Crippen LogP contribution in [0.3, 0.4) is 0 Å². The maximum atomic E-state index is 6.43. The van der Waals surface area contributed by atoms with Crippen LogP contribution >= 0.6 is 11.6 Å². The van der Waals surface area contributed by atoms with Crippen LogP contribution < -0.4 is 0 Å². The quantitative estimate of drug-likeness (QED) is 0.421. The van der Waals surface area contributed by atoms with E-state index in [-0.39, 0.29) is 0 Å². The summed E-state index contributed by atoms with van der Waals surface area (Å²) in [7, 11) is -1.33. The van der Waals surface area contributed by atoms with Gasteiger partial charge < -0.3 is 0 Å². The second kappa shape index (κ2) is 5.08. The summed E-state index contributed by atoms with van der Waals surface area (Å²) < 4.78 is 0. The lowest BCUT2D eigenvalue weighted by Crippen LogP contribution is -2.22. The van der Waals surface area contributed by atoms with Crippen molar-refractivity contribution in [1.82, 2.24) is 0 Å². The molecule has 0 bridgehead atoms. The lowest BCUT2D eigenvalue weighted by Gasteiger charge is -2.16. The van der Waals surface area contributed by atoms with Gasteiger partial charge >= 0.3 is 0 Å². The Morgan fingerprint density at radius 1 is 1.19 bits per heavy atom. The van der Waals surface area contributed by atoms with Crippen LogP contribution in [-0.2, 0) is 6.42 Å². The largest absolute Gasteiger partial charge is 0.130 e. The van der Waals surface area contributed by atoms with Gasteiger partial charge in [-0.15, -0.1) is 17.1 Å². The first-order valence-electron chi connectivity index (χ1n) is 5.56. The van der Waals surface area contributed by atoms with Gasteiger partial charge in [0.2, 0.25) is 0 Å². The first kappa shape index (κ1) is 13.4. The van der Waals surface area contributed by atoms with Crippen molar-refractivity contribution in [2.24, 2.45) is 0 Å². The fraction of sp³-hybridized carbons (Fsp3) is 0.429. The van der Waals surface area contributed by atoms with Crippen LogP contribution in [0, 0.1) is 11.5 Å². The molecule has 1 atom stereocenters. The number of hydrogen-bond acceptors (Lipinski definition) is 0. The molecule has 0 aromatic heterocycles. The topological polar surface area (TPSA) is 0 Å². The highest BCUT2D eigenvalue weighted by atomic mass is 35.5. The highest BCUT2D eigenvalue weighted by Gasteiger charge is 2.19. The Kier molecular flexibility index (Phi) is 4.24. The maximum absolute atomic E-state index is 6.43. The fourth-order valence-electron chi connectivity index (χ4n) is 1.34. The minimum absolute atomic E-state index is 0.443. The molecule has 1 rings (SSSR count). The maximum Gasteiger partial charge on any atom is 0.129 e. The standard InChI is InChI=1S/C14H19ClSi/c1-14(15,10-11-16(2,3)4)12-13-8-6-5-7-9-13/h5-9H,12H2,1-4H3/t14-/m0/s1. The van der Waals surface area contributed by atoms with Crippen molar-refractivity contribution in [3.8, 4) is 11.5 Å². The molecule has 0 heterocycles. The van der Waals surface area contributed by atoms with E-state index in [1.54, 1.807) is 0 Å². The van der Waals surface area contributed by atoms with Gasteiger partial charge in [-0.1, -0.05) is 55.9 Å². The number of hydrogen-bond donors (Lipinski definition) is 0. The van der Waals surface area contributed by atoms with E-state index in [0.29, 0.717) is 0 Å². The zero-order valence-corrected chi connectivity index (χ0v) is 12.2. The molecule has 0 radical (unpaired) electrons. The smallest absolute Gasteiger partial charge is 0.129 e. The highest BCUT2D eigenvalue weighted by molar-refractivity contribution is 6.83. The zero-order chi connectivity index (χ0) is 12.2. The Labute approximate surface area is 105 Å². The summed E-state index contributed by atoms with van der Waals surface area (Å²) in [5, 5.41) is 0. The summed E-state index contributed by atoms with van der Waals surface area (Å²) in [6.07, 6.45) is 0.798. The van der Waals surface area contributed by atoms with E-state index in [1.165, 1.54) is 5.56 Å². The second-order valence-corrected chi connectivity index (χ2v) is 10.9. The lowest BCUT2D eigenvalue weighted by atomic mass is 10.0. The van der Waals surface area contributed by atoms with Gasteiger partial charge in [0.05, 0.1) is 0 Å². The average Bonchev–Trinajstić information content (AvgIpc) is 2.15. The van der Waals surface area contributed by atoms with Crippen LogP contribution in [0.2, 0.25) is 19.6 Å². The molecule has 16 heavy (non-hydrogen) atoms. The number of halogens is 1. The van der Waals surface area contributed by atoms with Crippen molar-refractivity contribution in [1.29, 1.82) is 0 Å². The number of alkyl halides is 1. The van der Waals surface area contributed by atoms with E-state index >= 15 is 0 Å². The monoisotopic (exact) mass is 250 g/mol. The van der Waals surface area contributed by atoms with Gasteiger partial charge in [0.15, 0.2) is 0 Å². The SMILES string of the molecule is C[C@](Cl)(C#C[Si](C)(C)C)Cc1ccccc1. The molecule has 0 fully saturated rings. The van der Waals surface area contributed by atoms with Crippen molar-refractivity contribution in [3.05, 3.63) is 35.9 Å². The Morgan fingerprint density at radius 3 is 2.25 bits per heavy atom. The van der Waals surface area contributed by atoms with E-state index in [4.69, 9.17) is 11.6 Å². The Hall–Kier alpha value is -0.713. The average molecular weight is 251 g/mol. The molecule has 0 saturated carbocycles. The van der Waals surface area contributed by atoms with Gasteiger partial charge in [-0.2, -0.15) is 0 Å². The van der Waals surface area contributed by atoms with Crippen molar-refractivity contribution in [3.63, 3.8) is 0 Å². The zero-order valence-electron chi connectivity index (χ0n) is 10.5. The minimum Gasteiger partial charge on any atom is -0.130 e. The first-order chi connectivity index (χ1) is 7.29. The molecular weight excluding hydrogens is 232 g/mol. The van der Waals surface area contributed by atoms with Gasteiger partial charge in [0.25, 0.3) is 0 Å². The van der Waals surface area contributed by atoms with Gasteiger partial charge in [0, 0.05) is 6.42 Å². The van der Waals surface area contributed by atoms with Crippen molar-refractivity contribution in [2.45, 2.75) is 37.9 Å². The molecular formula is C14H19ClSi. The molecule has 0 unspecified atom stereocenters. The third-order valence-electron chi connectivity index (χ3n) is 2.08. The second-order valence-electron chi connectivity index (χ2n) is 5.36. The molecule has 0 spiro atoms. The van der Waals surface area contributed by atoms with Crippen LogP contribution in [0.5, 0.6) is 0 Å². The van der Waals surface area contributed by atoms with Crippen molar-refractivity contribution < 1.29 is 0 Å². The Bertz CT molecular complexity index is 390. The number of rotatable bonds is 2. The van der Waals surface area contributed by atoms with Gasteiger partial charge in [-0.25, -0.2) is 0 Å². The predicted octanol–water partition coefficient (Wildman–Crippen LogP) is 4.11. The van der Waals surface area contributed by atoms with E-state index in [2.05, 4.69) is 43.2 Å². The predicted molar refractivity (Wildman–Crippen MR) is 75.5 cm³/mol. The molecule has 2 heteroatoms. The molecule has 0 amide bonds. The third-order valence-corrected chi connectivity index (χ3v) is 3.18. The van der Waals surface area contributed by atoms with Gasteiger partial charge in [0.1, 0.15) is 12.9 Å². The summed E-state index contributed by atoms with van der Waals surface area (Å²) in [5.74, 6) is 3.22. The molecule has 1 aromatic rings. The van der Waals surface area contributed by atoms with Crippen LogP contribution in [0.4, 0.5) is 0 Å². The van der Waals surface area contributed by atoms with E-state index in [1.807, 2.05) is 25.1 Å². The van der Waals surface area contributed by atoms with E-state index in [9.17, 15) is 0 Å². The van der Waals surface area contributed by atoms with Gasteiger partial charge in [-0.3, -0.25) is 0 Å². The Morgan fingerprint density at radius 2 is 1.75 bits per heavy atom. The van der Waals surface area contributed by atoms with Crippen molar-refractivity contribution in [2.75, 3.05) is 0 Å². The summed E-state index contributed by atoms with van der Waals surface area (Å²) in [6, 6.07) is 10.3. The van der Waals surface area contributed by atoms with Gasteiger partial charge in [-0.05, 0) is 12.5 Å². The molecule has 0 aliphatic heterocycles. The molecule has 86 valence electrons. The summed E-state index contributed by atoms with van der Waals surface area (Å²) in [5.41, 5.74) is 4.58. The minimum atomic E-state index is -1.33. The fourth-order valence-corrected chi connectivity index (χ4v) is 2.27. The van der Waals surface area contributed by atoms with Crippen LogP contribution in [0.15, 0.2) is 30.3 Å². The highest BCUT2D eigenvalue weighted by Crippen LogP contribution is 2.20. The lowest BCUT2D eigenvalue weighted by molar-refractivity contribution is 0.795. The molecule has 0 nitrogen and oxygen atoms in total. The molecule has 0 saturated heterocycles. The first-order valence-corrected chi connectivity index (χ1v) is 9.43. The van der Waals surface area contributed by atoms with Crippen LogP contribution in [0.25, 0.3) is 0 Å². The third kappa shape index (κ3) is 5.39. The summed E-state index contributed by atoms with van der Waals surface area (Å²) in [4.78, 5) is -0.443. The van der Waals surface area contributed by atoms with E-state index in [0.717, 1.165) is 6.42 Å². The summed E-state index contributed by atoms with van der Waals surface area (Å²) in [6.45, 7) is 8.69. The van der Waals surface area contributed by atoms with Crippen molar-refractivity contribution >= 4 is 19.7 Å². The van der Waals surface area contributed by atoms with E-state index < -0.39 is 12.9 Å². The molecule has 0 aliphatic carbocycles. The van der Waals surface area contributed by atoms with Crippen LogP contribution in [0.1, 0.15) is 12.5 Å². The van der Waals surface area contributed by atoms with Crippen LogP contribution in [-0.4, -0.2) is 12.9 Å².